The number of rotatable bonds is 1. The van der Waals surface area contributed by atoms with Crippen LogP contribution in [0.15, 0.2) is 77.3 Å². The van der Waals surface area contributed by atoms with Gasteiger partial charge in [0, 0.05) is 31.4 Å². The smallest absolute Gasteiger partial charge is 0.123 e. The summed E-state index contributed by atoms with van der Waals surface area (Å²) in [4.78, 5) is 0. The lowest BCUT2D eigenvalue weighted by atomic mass is 9.72. The van der Waals surface area contributed by atoms with E-state index >= 15 is 0 Å². The first kappa shape index (κ1) is 10.5. The molecule has 2 aliphatic rings. The van der Waals surface area contributed by atoms with Gasteiger partial charge in [-0.25, -0.2) is 0 Å². The lowest BCUT2D eigenvalue weighted by molar-refractivity contribution is 0.139. The molecule has 0 saturated heterocycles. The van der Waals surface area contributed by atoms with Crippen LogP contribution < -0.4 is 4.74 Å². The van der Waals surface area contributed by atoms with Crippen LogP contribution in [0.4, 0.5) is 0 Å². The first-order valence-corrected chi connectivity index (χ1v) is 9.99. The molecule has 1 aliphatic heterocycles. The fraction of sp³-hybridized carbons (Fsp3) is 0.231. The largest absolute Gasteiger partial charge is 0.489 e. The highest BCUT2D eigenvalue weighted by Crippen LogP contribution is 2.53. The van der Waals surface area contributed by atoms with Crippen molar-refractivity contribution in [1.82, 2.24) is 0 Å². The maximum Gasteiger partial charge on any atom is 0.123 e. The van der Waals surface area contributed by atoms with Crippen molar-refractivity contribution in [1.29, 1.82) is 0 Å². The molecule has 0 aromatic heterocycles. The summed E-state index contributed by atoms with van der Waals surface area (Å²) in [5.74, 6) is -4.07. The lowest BCUT2D eigenvalue weighted by Crippen LogP contribution is -2.31. The van der Waals surface area contributed by atoms with E-state index in [0.717, 1.165) is 4.47 Å². The molecule has 3 unspecified atom stereocenters. The van der Waals surface area contributed by atoms with Gasteiger partial charge in [0.05, 0.1) is 1.37 Å². The van der Waals surface area contributed by atoms with E-state index in [9.17, 15) is 2.74 Å². The molecule has 0 radical (unpaired) electrons. The highest BCUT2D eigenvalue weighted by Gasteiger charge is 2.43. The summed E-state index contributed by atoms with van der Waals surface area (Å²) in [6, 6.07) is 20.7. The average Bonchev–Trinajstić information content (AvgIpc) is 3.17. The van der Waals surface area contributed by atoms with Crippen LogP contribution >= 0.6 is 15.9 Å². The minimum Gasteiger partial charge on any atom is -0.489 e. The van der Waals surface area contributed by atoms with E-state index in [1.807, 2.05) is 24.3 Å². The molecule has 1 aliphatic carbocycles. The Balaban J connectivity index is 1.83. The third kappa shape index (κ3) is 2.31. The second-order valence-electron chi connectivity index (χ2n) is 6.99. The van der Waals surface area contributed by atoms with Crippen molar-refractivity contribution >= 4 is 37.5 Å². The van der Waals surface area contributed by atoms with Crippen LogP contribution in [0.3, 0.4) is 0 Å². The summed E-state index contributed by atoms with van der Waals surface area (Å²) in [5.41, 5.74) is 0.369. The molecule has 4 aromatic carbocycles. The Kier molecular flexibility index (Phi) is 2.37. The van der Waals surface area contributed by atoms with Crippen LogP contribution in [-0.4, -0.2) is 6.08 Å². The van der Waals surface area contributed by atoms with E-state index in [1.165, 1.54) is 0 Å². The molecular formula is C26H21BrO. The van der Waals surface area contributed by atoms with E-state index in [-0.39, 0.29) is 16.9 Å². The van der Waals surface area contributed by atoms with Crippen LogP contribution in [0.5, 0.6) is 5.75 Å². The normalized spacial score (nSPS) is 38.2. The quantitative estimate of drug-likeness (QED) is 0.279. The number of halogens is 1. The summed E-state index contributed by atoms with van der Waals surface area (Å²) in [6.07, 6.45) is -11.7. The Labute approximate surface area is 184 Å². The van der Waals surface area contributed by atoms with E-state index in [1.54, 1.807) is 48.5 Å². The Morgan fingerprint density at radius 3 is 2.14 bits per heavy atom. The van der Waals surface area contributed by atoms with Crippen molar-refractivity contribution in [2.75, 3.05) is 0 Å². The van der Waals surface area contributed by atoms with Crippen molar-refractivity contribution in [3.63, 3.8) is 0 Å². The second kappa shape index (κ2) is 6.35. The van der Waals surface area contributed by atoms with Crippen molar-refractivity contribution in [3.8, 4) is 5.75 Å². The Bertz CT molecular complexity index is 1510. The van der Waals surface area contributed by atoms with E-state index in [0.29, 0.717) is 21.5 Å². The van der Waals surface area contributed by atoms with Gasteiger partial charge in [-0.05, 0) is 61.9 Å². The molecule has 2 heteroatoms. The molecule has 6 rings (SSSR count). The van der Waals surface area contributed by atoms with Gasteiger partial charge in [0.15, 0.2) is 0 Å². The Morgan fingerprint density at radius 2 is 1.43 bits per heavy atom. The third-order valence-electron chi connectivity index (χ3n) is 5.48. The van der Waals surface area contributed by atoms with Crippen LogP contribution in [0.1, 0.15) is 53.0 Å². The first-order valence-electron chi connectivity index (χ1n) is 13.2. The summed E-state index contributed by atoms with van der Waals surface area (Å²) in [7, 11) is 0. The van der Waals surface area contributed by atoms with Gasteiger partial charge in [0.2, 0.25) is 0 Å². The molecule has 138 valence electrons. The van der Waals surface area contributed by atoms with Crippen LogP contribution in [0.25, 0.3) is 21.5 Å². The number of para-hydroxylation sites is 1. The number of hydrogen-bond donors (Lipinski definition) is 0. The number of ether oxygens (including phenoxy) is 1. The Morgan fingerprint density at radius 1 is 0.821 bits per heavy atom. The topological polar surface area (TPSA) is 9.23 Å². The fourth-order valence-corrected chi connectivity index (χ4v) is 4.92. The second-order valence-corrected chi connectivity index (χ2v) is 7.78. The monoisotopic (exact) mass is 436 g/mol. The van der Waals surface area contributed by atoms with Gasteiger partial charge >= 0.3 is 0 Å². The average molecular weight is 437 g/mol. The zero-order valence-corrected chi connectivity index (χ0v) is 16.4. The standard InChI is InChI=1S/C26H21BrO/c27-25-19-11-3-1-9-17(19)24(18-10-2-4-12-20(18)25)22-14-7-13-21-16-8-5-6-15-23(16)28-26(21)22/h1-6,8-12,15,21-22,26H,7,13-14H2/i7D2,13D2,14D2,22D,26D. The van der Waals surface area contributed by atoms with E-state index < -0.39 is 37.0 Å². The van der Waals surface area contributed by atoms with Crippen LogP contribution in [-0.2, 0) is 0 Å². The van der Waals surface area contributed by atoms with Gasteiger partial charge in [-0.3, -0.25) is 0 Å². The van der Waals surface area contributed by atoms with E-state index in [2.05, 4.69) is 15.9 Å². The maximum absolute atomic E-state index is 9.92. The predicted molar refractivity (Wildman–Crippen MR) is 119 cm³/mol. The summed E-state index contributed by atoms with van der Waals surface area (Å²) >= 11 is 3.65. The fourth-order valence-electron chi connectivity index (χ4n) is 4.23. The number of fused-ring (bicyclic) bond motifs is 5. The summed E-state index contributed by atoms with van der Waals surface area (Å²) < 4.78 is 79.9. The zero-order chi connectivity index (χ0) is 25.9. The first-order chi connectivity index (χ1) is 16.8. The predicted octanol–water partition coefficient (Wildman–Crippen LogP) is 7.57. The minimum absolute atomic E-state index is 0.106. The van der Waals surface area contributed by atoms with Gasteiger partial charge in [0.25, 0.3) is 0 Å². The zero-order valence-electron chi connectivity index (χ0n) is 22.8. The van der Waals surface area contributed by atoms with Crippen molar-refractivity contribution < 1.29 is 15.7 Å². The number of benzene rings is 4. The van der Waals surface area contributed by atoms with Gasteiger partial charge in [-0.1, -0.05) is 73.1 Å². The van der Waals surface area contributed by atoms with Gasteiger partial charge in [0.1, 0.15) is 11.8 Å². The summed E-state index contributed by atoms with van der Waals surface area (Å²) in [6.45, 7) is 0. The molecule has 0 spiro atoms. The molecule has 1 nitrogen and oxygen atoms in total. The van der Waals surface area contributed by atoms with Gasteiger partial charge in [-0.2, -0.15) is 0 Å². The Hall–Kier alpha value is -2.32. The molecular weight excluding hydrogens is 408 g/mol. The molecule has 4 aromatic rings. The molecule has 1 saturated carbocycles. The highest BCUT2D eigenvalue weighted by molar-refractivity contribution is 9.10. The van der Waals surface area contributed by atoms with Gasteiger partial charge < -0.3 is 4.74 Å². The van der Waals surface area contributed by atoms with Crippen LogP contribution in [0, 0.1) is 0 Å². The minimum atomic E-state index is -3.18. The third-order valence-corrected chi connectivity index (χ3v) is 6.33. The van der Waals surface area contributed by atoms with Crippen molar-refractivity contribution in [3.05, 3.63) is 88.4 Å². The number of hydrogen-bond acceptors (Lipinski definition) is 1. The lowest BCUT2D eigenvalue weighted by Gasteiger charge is -2.34. The van der Waals surface area contributed by atoms with Gasteiger partial charge in [-0.15, -0.1) is 0 Å². The summed E-state index contributed by atoms with van der Waals surface area (Å²) in [5, 5.41) is 2.31. The molecule has 1 fully saturated rings. The molecule has 1 heterocycles. The molecule has 3 atom stereocenters. The van der Waals surface area contributed by atoms with Crippen molar-refractivity contribution in [2.24, 2.45) is 0 Å². The molecule has 28 heavy (non-hydrogen) atoms. The van der Waals surface area contributed by atoms with Crippen LogP contribution in [0.2, 0.25) is 0 Å². The van der Waals surface area contributed by atoms with Crippen molar-refractivity contribution in [2.45, 2.75) is 37.0 Å². The molecule has 0 amide bonds. The maximum atomic E-state index is 9.92. The van der Waals surface area contributed by atoms with E-state index in [4.69, 9.17) is 13.0 Å². The molecule has 0 bridgehead atoms. The SMILES string of the molecule is [2H]C1([2H])C2c3ccccc3OC2([2H])C([2H])(c2c3ccccc3c(Br)c3ccccc23)C([2H])([2H])C1([2H])[2H]. The highest BCUT2D eigenvalue weighted by atomic mass is 79.9. The molecule has 0 N–H and O–H groups in total.